The lowest BCUT2D eigenvalue weighted by Gasteiger charge is -2.41. The first kappa shape index (κ1) is 16.9. The van der Waals surface area contributed by atoms with Gasteiger partial charge in [-0.3, -0.25) is 18.5 Å². The molecule has 1 aromatic carbocycles. The van der Waals surface area contributed by atoms with E-state index in [0.29, 0.717) is 36.0 Å². The molecule has 3 rings (SSSR count). The van der Waals surface area contributed by atoms with Crippen LogP contribution in [0.3, 0.4) is 0 Å². The van der Waals surface area contributed by atoms with Crippen molar-refractivity contribution in [2.45, 2.75) is 13.8 Å². The van der Waals surface area contributed by atoms with E-state index in [1.54, 1.807) is 30.9 Å². The van der Waals surface area contributed by atoms with Crippen LogP contribution in [0, 0.1) is 19.7 Å². The molecule has 0 amide bonds. The molecule has 1 fully saturated rings. The fourth-order valence-corrected chi connectivity index (χ4v) is 4.14. The minimum Gasteiger partial charge on any atom is -0.366 e. The molecule has 130 valence electrons. The monoisotopic (exact) mass is 353 g/mol. The predicted molar refractivity (Wildman–Crippen MR) is 94.1 cm³/mol. The number of halogens is 1. The van der Waals surface area contributed by atoms with E-state index in [-0.39, 0.29) is 17.1 Å². The van der Waals surface area contributed by atoms with Gasteiger partial charge >= 0.3 is 0 Å². The molecule has 2 N–H and O–H groups in total. The van der Waals surface area contributed by atoms with Crippen LogP contribution in [0.25, 0.3) is 5.69 Å². The van der Waals surface area contributed by atoms with Crippen LogP contribution in [-0.4, -0.2) is 43.3 Å². The highest BCUT2D eigenvalue weighted by Gasteiger charge is 2.24. The molecular weight excluding hydrogens is 333 g/mol. The summed E-state index contributed by atoms with van der Waals surface area (Å²) < 4.78 is 35.2. The predicted octanol–water partition coefficient (Wildman–Crippen LogP) is 2.56. The topological polar surface area (TPSA) is 78.6 Å². The summed E-state index contributed by atoms with van der Waals surface area (Å²) in [5.74, 6) is 0.542. The van der Waals surface area contributed by atoms with Crippen molar-refractivity contribution >= 4 is 16.3 Å². The van der Waals surface area contributed by atoms with E-state index < -0.39 is 16.4 Å². The summed E-state index contributed by atoms with van der Waals surface area (Å²) in [6, 6.07) is 6.02. The quantitative estimate of drug-likeness (QED) is 0.867. The highest BCUT2D eigenvalue weighted by atomic mass is 32.3. The van der Waals surface area contributed by atoms with E-state index in [4.69, 9.17) is 0 Å². The molecule has 0 aliphatic carbocycles. The molecule has 1 aromatic heterocycles. The molecule has 1 aliphatic heterocycles. The van der Waals surface area contributed by atoms with Gasteiger partial charge in [0, 0.05) is 30.9 Å². The number of hydrogen-bond donors (Lipinski definition) is 2. The normalized spacial score (nSPS) is 18.5. The third-order valence-electron chi connectivity index (χ3n) is 4.12. The van der Waals surface area contributed by atoms with Crippen molar-refractivity contribution in [1.82, 2.24) is 9.55 Å². The zero-order valence-corrected chi connectivity index (χ0v) is 14.4. The second-order valence-electron chi connectivity index (χ2n) is 5.95. The first-order chi connectivity index (χ1) is 11.3. The Morgan fingerprint density at radius 3 is 2.42 bits per heavy atom. The zero-order valence-electron chi connectivity index (χ0n) is 13.6. The van der Waals surface area contributed by atoms with Crippen molar-refractivity contribution in [3.8, 4) is 5.69 Å². The number of aryl methyl sites for hydroxylation is 2. The maximum atomic E-state index is 14.6. The van der Waals surface area contributed by atoms with E-state index in [1.807, 2.05) is 0 Å². The van der Waals surface area contributed by atoms with E-state index in [2.05, 4.69) is 4.98 Å². The summed E-state index contributed by atoms with van der Waals surface area (Å²) in [6.45, 7) is 4.23. The van der Waals surface area contributed by atoms with Gasteiger partial charge in [0.2, 0.25) is 0 Å². The highest BCUT2D eigenvalue weighted by Crippen LogP contribution is 2.41. The molecule has 8 heteroatoms. The van der Waals surface area contributed by atoms with Gasteiger partial charge in [-0.1, -0.05) is 0 Å². The molecular formula is C16H20FN3O3S. The van der Waals surface area contributed by atoms with Gasteiger partial charge < -0.3 is 4.90 Å². The van der Waals surface area contributed by atoms with Gasteiger partial charge in [0.15, 0.2) is 0 Å². The van der Waals surface area contributed by atoms with Crippen molar-refractivity contribution in [3.05, 3.63) is 52.0 Å². The number of benzene rings is 1. The van der Waals surface area contributed by atoms with Crippen LogP contribution in [0.4, 0.5) is 10.1 Å². The SMILES string of the molecule is Cc1cc(=O)n(-c2ccc(N3CCS(O)(O)CC3)c(F)c2)c(C)n1. The average Bonchev–Trinajstić information content (AvgIpc) is 2.47. The number of nitrogens with zero attached hydrogens (tertiary/aromatic N) is 3. The van der Waals surface area contributed by atoms with Crippen LogP contribution in [0.15, 0.2) is 29.1 Å². The summed E-state index contributed by atoms with van der Waals surface area (Å²) in [5, 5.41) is 0. The first-order valence-corrected chi connectivity index (χ1v) is 9.51. The van der Waals surface area contributed by atoms with Crippen LogP contribution < -0.4 is 10.5 Å². The minimum atomic E-state index is -2.52. The third kappa shape index (κ3) is 3.31. The Hall–Kier alpha value is -1.90. The maximum Gasteiger partial charge on any atom is 0.258 e. The fraction of sp³-hybridized carbons (Fsp3) is 0.375. The lowest BCUT2D eigenvalue weighted by atomic mass is 10.2. The van der Waals surface area contributed by atoms with Crippen molar-refractivity contribution < 1.29 is 13.5 Å². The molecule has 0 saturated carbocycles. The third-order valence-corrected chi connectivity index (χ3v) is 5.79. The largest absolute Gasteiger partial charge is 0.366 e. The van der Waals surface area contributed by atoms with E-state index in [1.165, 1.54) is 16.7 Å². The molecule has 6 nitrogen and oxygen atoms in total. The van der Waals surface area contributed by atoms with Gasteiger partial charge in [0.25, 0.3) is 5.56 Å². The Bertz CT molecular complexity index is 828. The van der Waals surface area contributed by atoms with E-state index in [0.717, 1.165) is 0 Å². The molecule has 0 unspecified atom stereocenters. The fourth-order valence-electron chi connectivity index (χ4n) is 2.91. The standard InChI is InChI=1S/C16H20FN3O3S/c1-11-9-16(21)20(12(2)18-11)13-3-4-15(14(17)10-13)19-5-7-24(22,23)8-6-19/h3-4,9-10,22-23H,5-8H2,1-2H3. The Morgan fingerprint density at radius 2 is 1.83 bits per heavy atom. The van der Waals surface area contributed by atoms with Gasteiger partial charge in [-0.05, 0) is 26.0 Å². The van der Waals surface area contributed by atoms with E-state index >= 15 is 0 Å². The van der Waals surface area contributed by atoms with Crippen molar-refractivity contribution in [1.29, 1.82) is 0 Å². The summed E-state index contributed by atoms with van der Waals surface area (Å²) in [4.78, 5) is 18.2. The molecule has 1 saturated heterocycles. The molecule has 0 spiro atoms. The summed E-state index contributed by atoms with van der Waals surface area (Å²) in [7, 11) is -2.52. The molecule has 0 atom stereocenters. The number of aromatic nitrogens is 2. The maximum absolute atomic E-state index is 14.6. The van der Waals surface area contributed by atoms with Gasteiger partial charge in [0.05, 0.1) is 22.9 Å². The molecule has 2 aromatic rings. The van der Waals surface area contributed by atoms with Crippen LogP contribution in [0.5, 0.6) is 0 Å². The van der Waals surface area contributed by atoms with Gasteiger partial charge in [-0.15, -0.1) is 0 Å². The van der Waals surface area contributed by atoms with Crippen LogP contribution in [0.2, 0.25) is 0 Å². The number of hydrogen-bond acceptors (Lipinski definition) is 5. The molecule has 0 radical (unpaired) electrons. The second-order valence-corrected chi connectivity index (χ2v) is 8.37. The highest BCUT2D eigenvalue weighted by molar-refractivity contribution is 8.24. The lowest BCUT2D eigenvalue weighted by Crippen LogP contribution is -2.38. The lowest BCUT2D eigenvalue weighted by molar-refractivity contribution is 0.478. The molecule has 0 bridgehead atoms. The Balaban J connectivity index is 1.93. The Kier molecular flexibility index (Phi) is 4.37. The van der Waals surface area contributed by atoms with Crippen LogP contribution in [0.1, 0.15) is 11.5 Å². The summed E-state index contributed by atoms with van der Waals surface area (Å²) >= 11 is 0. The summed E-state index contributed by atoms with van der Waals surface area (Å²) in [6.07, 6.45) is 0. The van der Waals surface area contributed by atoms with Gasteiger partial charge in [-0.2, -0.15) is 10.6 Å². The average molecular weight is 353 g/mol. The van der Waals surface area contributed by atoms with E-state index in [9.17, 15) is 18.3 Å². The van der Waals surface area contributed by atoms with Gasteiger partial charge in [0.1, 0.15) is 11.6 Å². The Labute approximate surface area is 140 Å². The zero-order chi connectivity index (χ0) is 17.5. The minimum absolute atomic E-state index is 0.245. The van der Waals surface area contributed by atoms with Gasteiger partial charge in [-0.25, -0.2) is 9.37 Å². The van der Waals surface area contributed by atoms with Crippen molar-refractivity contribution in [2.24, 2.45) is 0 Å². The second kappa shape index (κ2) is 6.19. The van der Waals surface area contributed by atoms with Crippen LogP contribution in [-0.2, 0) is 0 Å². The van der Waals surface area contributed by atoms with Crippen molar-refractivity contribution in [2.75, 3.05) is 29.5 Å². The van der Waals surface area contributed by atoms with Crippen molar-refractivity contribution in [3.63, 3.8) is 0 Å². The Morgan fingerprint density at radius 1 is 1.17 bits per heavy atom. The number of rotatable bonds is 2. The number of anilines is 1. The smallest absolute Gasteiger partial charge is 0.258 e. The summed E-state index contributed by atoms with van der Waals surface area (Å²) in [5.41, 5.74) is 1.20. The first-order valence-electron chi connectivity index (χ1n) is 7.63. The molecule has 1 aliphatic rings. The molecule has 24 heavy (non-hydrogen) atoms. The van der Waals surface area contributed by atoms with Crippen LogP contribution >= 0.6 is 10.6 Å². The molecule has 2 heterocycles.